The van der Waals surface area contributed by atoms with Crippen molar-refractivity contribution in [1.82, 2.24) is 0 Å². The van der Waals surface area contributed by atoms with Gasteiger partial charge in [0.2, 0.25) is 0 Å². The topological polar surface area (TPSA) is 49.7 Å². The molecular weight excluding hydrogens is 276 g/mol. The minimum atomic E-state index is 0.303. The summed E-state index contributed by atoms with van der Waals surface area (Å²) in [4.78, 5) is 0. The highest BCUT2D eigenvalue weighted by Crippen LogP contribution is 2.30. The van der Waals surface area contributed by atoms with Gasteiger partial charge in [-0.15, -0.1) is 0 Å². The molecule has 0 fully saturated rings. The molecule has 0 saturated carbocycles. The maximum absolute atomic E-state index is 10.1. The summed E-state index contributed by atoms with van der Waals surface area (Å²) in [6.45, 7) is 4.03. The molecule has 0 aliphatic rings. The summed E-state index contributed by atoms with van der Waals surface area (Å²) in [5.74, 6) is 1.41. The molecular formula is C19H24O3. The van der Waals surface area contributed by atoms with Crippen LogP contribution in [-0.4, -0.2) is 17.3 Å². The Bertz CT molecular complexity index is 647. The number of ether oxygens (including phenoxy) is 1. The third kappa shape index (κ3) is 3.53. The minimum absolute atomic E-state index is 0.303. The van der Waals surface area contributed by atoms with Crippen molar-refractivity contribution in [3.05, 3.63) is 52.6 Å². The van der Waals surface area contributed by atoms with Crippen LogP contribution in [0.15, 0.2) is 30.3 Å². The summed E-state index contributed by atoms with van der Waals surface area (Å²) in [5.41, 5.74) is 4.06. The van der Waals surface area contributed by atoms with Gasteiger partial charge >= 0.3 is 0 Å². The molecule has 2 N–H and O–H groups in total. The molecule has 0 aromatic heterocycles. The van der Waals surface area contributed by atoms with Gasteiger partial charge in [0.1, 0.15) is 17.2 Å². The highest BCUT2D eigenvalue weighted by atomic mass is 16.5. The molecule has 0 aliphatic carbocycles. The first-order valence-electron chi connectivity index (χ1n) is 7.78. The van der Waals surface area contributed by atoms with Crippen molar-refractivity contribution in [2.75, 3.05) is 7.11 Å². The zero-order chi connectivity index (χ0) is 16.1. The summed E-state index contributed by atoms with van der Waals surface area (Å²) in [6.07, 6.45) is 3.25. The average Bonchev–Trinajstić information content (AvgIpc) is 2.53. The molecule has 2 aromatic carbocycles. The van der Waals surface area contributed by atoms with Crippen LogP contribution < -0.4 is 4.74 Å². The molecule has 0 unspecified atom stereocenters. The Labute approximate surface area is 132 Å². The van der Waals surface area contributed by atoms with Gasteiger partial charge < -0.3 is 14.9 Å². The fourth-order valence-corrected chi connectivity index (χ4v) is 2.73. The molecule has 0 radical (unpaired) electrons. The van der Waals surface area contributed by atoms with E-state index in [2.05, 4.69) is 0 Å². The first-order valence-corrected chi connectivity index (χ1v) is 7.78. The Balaban J connectivity index is 2.16. The van der Waals surface area contributed by atoms with Gasteiger partial charge in [-0.25, -0.2) is 0 Å². The maximum Gasteiger partial charge on any atom is 0.126 e. The quantitative estimate of drug-likeness (QED) is 0.847. The molecule has 0 aliphatic heterocycles. The van der Waals surface area contributed by atoms with Crippen LogP contribution in [0.1, 0.15) is 36.1 Å². The van der Waals surface area contributed by atoms with E-state index in [9.17, 15) is 10.2 Å². The molecule has 0 saturated heterocycles. The van der Waals surface area contributed by atoms with Crippen molar-refractivity contribution >= 4 is 0 Å². The van der Waals surface area contributed by atoms with Crippen LogP contribution in [0, 0.1) is 0 Å². The second kappa shape index (κ2) is 7.21. The smallest absolute Gasteiger partial charge is 0.126 e. The summed E-state index contributed by atoms with van der Waals surface area (Å²) in [7, 11) is 1.63. The van der Waals surface area contributed by atoms with Crippen molar-refractivity contribution in [3.63, 3.8) is 0 Å². The van der Waals surface area contributed by atoms with Gasteiger partial charge in [-0.1, -0.05) is 26.0 Å². The molecule has 3 nitrogen and oxygen atoms in total. The molecule has 0 heterocycles. The largest absolute Gasteiger partial charge is 0.508 e. The molecule has 0 bridgehead atoms. The van der Waals surface area contributed by atoms with Gasteiger partial charge in [0, 0.05) is 5.56 Å². The SMILES string of the molecule is CCc1cc(CCc2cc(O)c(CC)c(OC)c2)ccc1O. The molecule has 0 amide bonds. The Kier molecular flexibility index (Phi) is 5.31. The van der Waals surface area contributed by atoms with Gasteiger partial charge in [-0.05, 0) is 60.6 Å². The first kappa shape index (κ1) is 16.2. The normalized spacial score (nSPS) is 10.7. The van der Waals surface area contributed by atoms with E-state index < -0.39 is 0 Å². The van der Waals surface area contributed by atoms with Crippen LogP contribution in [-0.2, 0) is 25.7 Å². The molecule has 3 heteroatoms. The lowest BCUT2D eigenvalue weighted by Gasteiger charge is -2.12. The van der Waals surface area contributed by atoms with E-state index in [1.807, 2.05) is 38.1 Å². The molecule has 2 rings (SSSR count). The highest BCUT2D eigenvalue weighted by Gasteiger charge is 2.10. The van der Waals surface area contributed by atoms with Crippen LogP contribution >= 0.6 is 0 Å². The van der Waals surface area contributed by atoms with Crippen molar-refractivity contribution in [2.45, 2.75) is 39.5 Å². The predicted octanol–water partition coefficient (Wildman–Crippen LogP) is 4.02. The van der Waals surface area contributed by atoms with Gasteiger partial charge in [-0.3, -0.25) is 0 Å². The molecule has 2 aromatic rings. The third-order valence-corrected chi connectivity index (χ3v) is 4.05. The van der Waals surface area contributed by atoms with Crippen molar-refractivity contribution in [3.8, 4) is 17.2 Å². The number of phenols is 2. The van der Waals surface area contributed by atoms with E-state index in [1.54, 1.807) is 13.2 Å². The van der Waals surface area contributed by atoms with Crippen LogP contribution in [0.2, 0.25) is 0 Å². The number of rotatable bonds is 6. The summed E-state index contributed by atoms with van der Waals surface area (Å²) < 4.78 is 5.37. The Morgan fingerprint density at radius 3 is 2.23 bits per heavy atom. The Morgan fingerprint density at radius 1 is 0.864 bits per heavy atom. The average molecular weight is 300 g/mol. The van der Waals surface area contributed by atoms with Crippen molar-refractivity contribution in [1.29, 1.82) is 0 Å². The second-order valence-electron chi connectivity index (χ2n) is 5.47. The Hall–Kier alpha value is -2.16. The van der Waals surface area contributed by atoms with E-state index >= 15 is 0 Å². The number of methoxy groups -OCH3 is 1. The van der Waals surface area contributed by atoms with E-state index in [0.29, 0.717) is 11.5 Å². The fourth-order valence-electron chi connectivity index (χ4n) is 2.73. The monoisotopic (exact) mass is 300 g/mol. The van der Waals surface area contributed by atoms with Gasteiger partial charge in [0.25, 0.3) is 0 Å². The third-order valence-electron chi connectivity index (χ3n) is 4.05. The molecule has 0 spiro atoms. The lowest BCUT2D eigenvalue weighted by Crippen LogP contribution is -1.97. The molecule has 118 valence electrons. The van der Waals surface area contributed by atoms with Crippen molar-refractivity contribution in [2.24, 2.45) is 0 Å². The standard InChI is InChI=1S/C19H24O3/c1-4-15-10-13(8-9-17(15)20)6-7-14-11-18(21)16(5-2)19(12-14)22-3/h8-12,20-21H,4-7H2,1-3H3. The second-order valence-corrected chi connectivity index (χ2v) is 5.47. The lowest BCUT2D eigenvalue weighted by atomic mass is 9.99. The maximum atomic E-state index is 10.1. The highest BCUT2D eigenvalue weighted by molar-refractivity contribution is 5.47. The number of benzene rings is 2. The van der Waals surface area contributed by atoms with E-state index in [0.717, 1.165) is 48.1 Å². The summed E-state index contributed by atoms with van der Waals surface area (Å²) >= 11 is 0. The fraction of sp³-hybridized carbons (Fsp3) is 0.368. The van der Waals surface area contributed by atoms with E-state index in [-0.39, 0.29) is 0 Å². The number of phenolic OH excluding ortho intramolecular Hbond substituents is 2. The number of aromatic hydroxyl groups is 2. The van der Waals surface area contributed by atoms with Gasteiger partial charge in [-0.2, -0.15) is 0 Å². The van der Waals surface area contributed by atoms with E-state index in [1.165, 1.54) is 5.56 Å². The van der Waals surface area contributed by atoms with E-state index in [4.69, 9.17) is 4.74 Å². The Morgan fingerprint density at radius 2 is 1.59 bits per heavy atom. The lowest BCUT2D eigenvalue weighted by molar-refractivity contribution is 0.399. The number of hydrogen-bond acceptors (Lipinski definition) is 3. The zero-order valence-electron chi connectivity index (χ0n) is 13.5. The van der Waals surface area contributed by atoms with Crippen LogP contribution in [0.3, 0.4) is 0 Å². The summed E-state index contributed by atoms with van der Waals surface area (Å²) in [6, 6.07) is 9.58. The summed E-state index contributed by atoms with van der Waals surface area (Å²) in [5, 5.41) is 19.8. The van der Waals surface area contributed by atoms with Crippen LogP contribution in [0.4, 0.5) is 0 Å². The molecule has 22 heavy (non-hydrogen) atoms. The zero-order valence-corrected chi connectivity index (χ0v) is 13.5. The first-order chi connectivity index (χ1) is 10.6. The number of hydrogen-bond donors (Lipinski definition) is 2. The van der Waals surface area contributed by atoms with Crippen LogP contribution in [0.5, 0.6) is 17.2 Å². The minimum Gasteiger partial charge on any atom is -0.508 e. The predicted molar refractivity (Wildman–Crippen MR) is 88.9 cm³/mol. The van der Waals surface area contributed by atoms with Crippen molar-refractivity contribution < 1.29 is 14.9 Å². The van der Waals surface area contributed by atoms with Crippen LogP contribution in [0.25, 0.3) is 0 Å². The van der Waals surface area contributed by atoms with Gasteiger partial charge in [0.05, 0.1) is 7.11 Å². The molecule has 0 atom stereocenters. The van der Waals surface area contributed by atoms with Gasteiger partial charge in [0.15, 0.2) is 0 Å². The number of aryl methyl sites for hydroxylation is 3.